The first-order valence-electron chi connectivity index (χ1n) is 10.1. The van der Waals surface area contributed by atoms with E-state index in [9.17, 15) is 4.55 Å². The van der Waals surface area contributed by atoms with Crippen LogP contribution >= 0.6 is 11.6 Å². The van der Waals surface area contributed by atoms with Gasteiger partial charge in [0.1, 0.15) is 11.5 Å². The molecular formula is C20H25ClN6OS. The number of piperazine rings is 1. The Hall–Kier alpha value is -1.74. The van der Waals surface area contributed by atoms with E-state index < -0.39 is 11.2 Å². The van der Waals surface area contributed by atoms with Crippen LogP contribution in [0.15, 0.2) is 24.5 Å². The summed E-state index contributed by atoms with van der Waals surface area (Å²) < 4.78 is 13.4. The highest BCUT2D eigenvalue weighted by atomic mass is 35.5. The lowest BCUT2D eigenvalue weighted by Gasteiger charge is -2.43. The topological polar surface area (TPSA) is 83.2 Å². The van der Waals surface area contributed by atoms with Crippen LogP contribution in [0.1, 0.15) is 24.4 Å². The molecule has 0 bridgehead atoms. The molecule has 2 saturated heterocycles. The summed E-state index contributed by atoms with van der Waals surface area (Å²) in [6, 6.07) is 4.93. The monoisotopic (exact) mass is 432 g/mol. The molecular weight excluding hydrogens is 408 g/mol. The van der Waals surface area contributed by atoms with E-state index >= 15 is 0 Å². The quantitative estimate of drug-likeness (QED) is 0.541. The van der Waals surface area contributed by atoms with Crippen LogP contribution in [0.4, 0.5) is 17.1 Å². The van der Waals surface area contributed by atoms with Gasteiger partial charge in [-0.2, -0.15) is 5.10 Å². The molecule has 154 valence electrons. The van der Waals surface area contributed by atoms with Crippen LogP contribution < -0.4 is 10.2 Å². The minimum atomic E-state index is -0.609. The Kier molecular flexibility index (Phi) is 5.19. The van der Waals surface area contributed by atoms with Gasteiger partial charge in [0.2, 0.25) is 0 Å². The second kappa shape index (κ2) is 7.83. The molecule has 0 atom stereocenters. The van der Waals surface area contributed by atoms with E-state index in [1.54, 1.807) is 0 Å². The Morgan fingerprint density at radius 1 is 1.17 bits per heavy atom. The van der Waals surface area contributed by atoms with E-state index in [0.717, 1.165) is 60.3 Å². The summed E-state index contributed by atoms with van der Waals surface area (Å²) in [6.07, 6.45) is 7.59. The number of rotatable bonds is 6. The van der Waals surface area contributed by atoms with Gasteiger partial charge in [0.25, 0.3) is 0 Å². The summed E-state index contributed by atoms with van der Waals surface area (Å²) in [4.78, 5) is 4.75. The number of hydrogen-bond donors (Lipinski definition) is 2. The van der Waals surface area contributed by atoms with Crippen molar-refractivity contribution in [3.63, 3.8) is 0 Å². The Morgan fingerprint density at radius 3 is 2.59 bits per heavy atom. The van der Waals surface area contributed by atoms with Gasteiger partial charge in [-0.3, -0.25) is 9.58 Å². The third-order valence-corrected chi connectivity index (χ3v) is 7.82. The molecule has 9 heteroatoms. The number of aromatic nitrogens is 2. The minimum Gasteiger partial charge on any atom is -0.616 e. The van der Waals surface area contributed by atoms with Crippen molar-refractivity contribution >= 4 is 46.1 Å². The summed E-state index contributed by atoms with van der Waals surface area (Å²) in [6.45, 7) is 3.71. The number of halogens is 1. The highest BCUT2D eigenvalue weighted by molar-refractivity contribution is 7.92. The van der Waals surface area contributed by atoms with Crippen molar-refractivity contribution < 1.29 is 4.55 Å². The van der Waals surface area contributed by atoms with E-state index in [0.29, 0.717) is 17.1 Å². The molecule has 2 aromatic rings. The minimum absolute atomic E-state index is 0.481. The van der Waals surface area contributed by atoms with Crippen LogP contribution in [0, 0.1) is 5.41 Å². The molecule has 3 fully saturated rings. The third kappa shape index (κ3) is 3.99. The molecule has 0 unspecified atom stereocenters. The van der Waals surface area contributed by atoms with Gasteiger partial charge >= 0.3 is 0 Å². The lowest BCUT2D eigenvalue weighted by molar-refractivity contribution is 0.202. The molecule has 1 aliphatic carbocycles. The molecule has 3 heterocycles. The normalized spacial score (nSPS) is 25.0. The van der Waals surface area contributed by atoms with Crippen molar-refractivity contribution in [2.75, 3.05) is 47.9 Å². The van der Waals surface area contributed by atoms with Crippen LogP contribution in [0.25, 0.3) is 0 Å². The molecule has 2 aliphatic heterocycles. The zero-order valence-electron chi connectivity index (χ0n) is 16.2. The first kappa shape index (κ1) is 19.2. The molecule has 0 spiro atoms. The van der Waals surface area contributed by atoms with Gasteiger partial charge in [-0.15, -0.1) is 0 Å². The number of hydrogen-bond acceptors (Lipinski definition) is 6. The first-order chi connectivity index (χ1) is 14.1. The summed E-state index contributed by atoms with van der Waals surface area (Å²) in [5.74, 6) is 1.63. The van der Waals surface area contributed by atoms with Crippen molar-refractivity contribution in [2.45, 2.75) is 24.9 Å². The smallest absolute Gasteiger partial charge is 0.125 e. The first-order valence-corrected chi connectivity index (χ1v) is 12.0. The van der Waals surface area contributed by atoms with Crippen LogP contribution in [0.2, 0.25) is 5.02 Å². The van der Waals surface area contributed by atoms with Gasteiger partial charge in [0.15, 0.2) is 0 Å². The molecule has 5 rings (SSSR count). The Bertz CT molecular complexity index is 902. The molecule has 1 saturated carbocycles. The molecule has 3 aliphatic rings. The second-order valence-corrected chi connectivity index (χ2v) is 10.0. The zero-order valence-corrected chi connectivity index (χ0v) is 17.8. The highest BCUT2D eigenvalue weighted by Gasteiger charge is 2.38. The summed E-state index contributed by atoms with van der Waals surface area (Å²) in [5.41, 5.74) is 3.54. The Morgan fingerprint density at radius 2 is 1.93 bits per heavy atom. The number of anilines is 3. The lowest BCUT2D eigenvalue weighted by atomic mass is 10.1. The Labute approximate surface area is 178 Å². The van der Waals surface area contributed by atoms with Gasteiger partial charge in [0, 0.05) is 49.8 Å². The van der Waals surface area contributed by atoms with E-state index in [4.69, 9.17) is 17.0 Å². The summed E-state index contributed by atoms with van der Waals surface area (Å²) in [7, 11) is 0. The molecule has 1 aromatic heterocycles. The molecule has 0 radical (unpaired) electrons. The van der Waals surface area contributed by atoms with E-state index in [1.165, 1.54) is 19.1 Å². The second-order valence-electron chi connectivity index (χ2n) is 8.05. The van der Waals surface area contributed by atoms with Gasteiger partial charge in [0.05, 0.1) is 34.7 Å². The van der Waals surface area contributed by atoms with Crippen molar-refractivity contribution in [3.8, 4) is 0 Å². The van der Waals surface area contributed by atoms with E-state index in [2.05, 4.69) is 20.2 Å². The largest absolute Gasteiger partial charge is 0.616 e. The number of nitrogens with one attached hydrogen (secondary N) is 2. The molecule has 7 nitrogen and oxygen atoms in total. The fourth-order valence-electron chi connectivity index (χ4n) is 4.06. The molecule has 0 amide bonds. The fourth-order valence-corrected chi connectivity index (χ4v) is 5.54. The average molecular weight is 433 g/mol. The summed E-state index contributed by atoms with van der Waals surface area (Å²) >= 11 is 5.98. The fraction of sp³-hybridized carbons (Fsp3) is 0.500. The SMILES string of the molecule is N=Cc1cc(Cl)c(N2CCN(C3C[S+]([O-])C3)CC2)cc1Nc1cnn(C2CC2)c1. The lowest BCUT2D eigenvalue weighted by Crippen LogP contribution is -2.59. The maximum Gasteiger partial charge on any atom is 0.125 e. The maximum atomic E-state index is 11.4. The van der Waals surface area contributed by atoms with Crippen LogP contribution in [-0.2, 0) is 11.2 Å². The van der Waals surface area contributed by atoms with Gasteiger partial charge in [-0.1, -0.05) is 22.8 Å². The third-order valence-electron chi connectivity index (χ3n) is 6.00. The van der Waals surface area contributed by atoms with Crippen molar-refractivity contribution in [2.24, 2.45) is 0 Å². The average Bonchev–Trinajstić information content (AvgIpc) is 3.46. The number of benzene rings is 1. The number of nitrogens with zero attached hydrogens (tertiary/aromatic N) is 4. The van der Waals surface area contributed by atoms with Crippen molar-refractivity contribution in [1.82, 2.24) is 14.7 Å². The van der Waals surface area contributed by atoms with Crippen molar-refractivity contribution in [1.29, 1.82) is 5.41 Å². The van der Waals surface area contributed by atoms with Gasteiger partial charge in [-0.25, -0.2) is 0 Å². The molecule has 2 N–H and O–H groups in total. The summed E-state index contributed by atoms with van der Waals surface area (Å²) in [5, 5.41) is 16.3. The van der Waals surface area contributed by atoms with Crippen LogP contribution in [-0.4, -0.2) is 69.2 Å². The molecule has 29 heavy (non-hydrogen) atoms. The standard InChI is InChI=1S/C20H25ClN6OS/c21-18-7-14(9-22)19(24-15-10-23-27(11-15)16-1-2-16)8-20(18)26-5-3-25(4-6-26)17-12-29(28)13-17/h7-11,16-17,22,24H,1-6,12-13H2. The van der Waals surface area contributed by atoms with E-state index in [1.807, 2.05) is 29.2 Å². The Balaban J connectivity index is 1.32. The van der Waals surface area contributed by atoms with Crippen LogP contribution in [0.5, 0.6) is 0 Å². The van der Waals surface area contributed by atoms with E-state index in [-0.39, 0.29) is 0 Å². The van der Waals surface area contributed by atoms with Crippen molar-refractivity contribution in [3.05, 3.63) is 35.1 Å². The van der Waals surface area contributed by atoms with Gasteiger partial charge < -0.3 is 20.2 Å². The molecule has 1 aromatic carbocycles. The zero-order chi connectivity index (χ0) is 20.0. The highest BCUT2D eigenvalue weighted by Crippen LogP contribution is 2.36. The van der Waals surface area contributed by atoms with Gasteiger partial charge in [-0.05, 0) is 25.0 Å². The maximum absolute atomic E-state index is 11.4. The predicted molar refractivity (Wildman–Crippen MR) is 119 cm³/mol. The van der Waals surface area contributed by atoms with Crippen LogP contribution in [0.3, 0.4) is 0 Å². The predicted octanol–water partition coefficient (Wildman–Crippen LogP) is 2.87.